The Morgan fingerprint density at radius 3 is 1.86 bits per heavy atom. The van der Waals surface area contributed by atoms with Crippen LogP contribution in [0.25, 0.3) is 0 Å². The van der Waals surface area contributed by atoms with E-state index in [2.05, 4.69) is 6.92 Å². The van der Waals surface area contributed by atoms with Crippen molar-refractivity contribution < 1.29 is 23.0 Å². The highest BCUT2D eigenvalue weighted by Gasteiger charge is 2.39. The average molecular weight is 415 g/mol. The minimum Gasteiger partial charge on any atom is -0.331 e. The van der Waals surface area contributed by atoms with Gasteiger partial charge in [-0.25, -0.2) is 8.78 Å². The molecule has 0 spiro atoms. The number of hydrogen-bond acceptors (Lipinski definition) is 3. The van der Waals surface area contributed by atoms with Crippen molar-refractivity contribution >= 4 is 0 Å². The van der Waals surface area contributed by atoms with Crippen molar-refractivity contribution in [3.8, 4) is 0 Å². The average Bonchev–Trinajstić information content (AvgIpc) is 2.73. The van der Waals surface area contributed by atoms with Crippen molar-refractivity contribution in [2.45, 2.75) is 89.9 Å². The third-order valence-corrected chi connectivity index (χ3v) is 5.76. The highest BCUT2D eigenvalue weighted by molar-refractivity contribution is 5.17. The predicted molar refractivity (Wildman–Crippen MR) is 114 cm³/mol. The quantitative estimate of drug-likeness (QED) is 0.202. The zero-order valence-electron chi connectivity index (χ0n) is 18.8. The third-order valence-electron chi connectivity index (χ3n) is 5.76. The lowest BCUT2D eigenvalue weighted by Gasteiger charge is -2.36. The Kier molecular flexibility index (Phi) is 13.3. The molecule has 0 amide bonds. The maximum absolute atomic E-state index is 13.3. The molecule has 3 nitrogen and oxygen atoms in total. The molecule has 1 atom stereocenters. The Labute approximate surface area is 176 Å². The number of halogens is 2. The Hall–Kier alpha value is -1.04. The van der Waals surface area contributed by atoms with Gasteiger partial charge in [0.2, 0.25) is 0 Å². The zero-order valence-corrected chi connectivity index (χ0v) is 18.8. The lowest BCUT2D eigenvalue weighted by Crippen LogP contribution is -2.44. The summed E-state index contributed by atoms with van der Waals surface area (Å²) in [6.45, 7) is 2.23. The van der Waals surface area contributed by atoms with E-state index < -0.39 is 17.6 Å². The SMILES string of the molecule is CCCCCCCCC(CCCCCc1ccc(F)c(F)c1)C(OC)(OC)OC. The van der Waals surface area contributed by atoms with Gasteiger partial charge in [-0.05, 0) is 43.4 Å². The minimum atomic E-state index is -0.997. The van der Waals surface area contributed by atoms with Gasteiger partial charge in [-0.3, -0.25) is 0 Å². The van der Waals surface area contributed by atoms with Gasteiger partial charge in [0, 0.05) is 27.2 Å². The van der Waals surface area contributed by atoms with Crippen LogP contribution in [-0.2, 0) is 20.6 Å². The van der Waals surface area contributed by atoms with Gasteiger partial charge in [-0.1, -0.05) is 64.4 Å². The summed E-state index contributed by atoms with van der Waals surface area (Å²) in [7, 11) is 4.89. The van der Waals surface area contributed by atoms with Gasteiger partial charge in [0.05, 0.1) is 0 Å². The standard InChI is InChI=1S/C24H40F2O3/c1-5-6-7-8-9-12-15-21(24(27-2,28-3)29-4)16-13-10-11-14-20-17-18-22(25)23(26)19-20/h17-19,21H,5-16H2,1-4H3. The van der Waals surface area contributed by atoms with Crippen LogP contribution in [0.15, 0.2) is 18.2 Å². The van der Waals surface area contributed by atoms with Crippen LogP contribution in [0.4, 0.5) is 8.78 Å². The molecule has 0 aliphatic heterocycles. The van der Waals surface area contributed by atoms with Crippen molar-refractivity contribution in [3.05, 3.63) is 35.4 Å². The van der Waals surface area contributed by atoms with Gasteiger partial charge in [-0.2, -0.15) is 0 Å². The van der Waals surface area contributed by atoms with E-state index in [9.17, 15) is 8.78 Å². The van der Waals surface area contributed by atoms with Gasteiger partial charge in [0.1, 0.15) is 0 Å². The van der Waals surface area contributed by atoms with E-state index in [-0.39, 0.29) is 5.92 Å². The minimum absolute atomic E-state index is 0.164. The number of unbranched alkanes of at least 4 members (excludes halogenated alkanes) is 7. The van der Waals surface area contributed by atoms with Crippen LogP contribution >= 0.6 is 0 Å². The van der Waals surface area contributed by atoms with Crippen LogP contribution in [0.1, 0.15) is 83.1 Å². The highest BCUT2D eigenvalue weighted by atomic mass is 19.2. The predicted octanol–water partition coefficient (Wildman–Crippen LogP) is 7.03. The summed E-state index contributed by atoms with van der Waals surface area (Å²) in [6, 6.07) is 4.15. The normalized spacial score (nSPS) is 13.0. The monoisotopic (exact) mass is 414 g/mol. The van der Waals surface area contributed by atoms with Crippen molar-refractivity contribution in [2.24, 2.45) is 5.92 Å². The summed E-state index contributed by atoms with van der Waals surface area (Å²) in [6.07, 6.45) is 13.2. The maximum atomic E-state index is 13.3. The van der Waals surface area contributed by atoms with Crippen LogP contribution in [0.3, 0.4) is 0 Å². The van der Waals surface area contributed by atoms with Crippen LogP contribution < -0.4 is 0 Å². The summed E-state index contributed by atoms with van der Waals surface area (Å²) >= 11 is 0. The molecular weight excluding hydrogens is 374 g/mol. The third kappa shape index (κ3) is 9.10. The molecule has 1 aromatic carbocycles. The summed E-state index contributed by atoms with van der Waals surface area (Å²) in [5, 5.41) is 0. The van der Waals surface area contributed by atoms with Crippen molar-refractivity contribution in [1.29, 1.82) is 0 Å². The number of benzene rings is 1. The second-order valence-corrected chi connectivity index (χ2v) is 7.82. The van der Waals surface area contributed by atoms with Gasteiger partial charge >= 0.3 is 0 Å². The van der Waals surface area contributed by atoms with Gasteiger partial charge < -0.3 is 14.2 Å². The van der Waals surface area contributed by atoms with E-state index in [4.69, 9.17) is 14.2 Å². The molecule has 29 heavy (non-hydrogen) atoms. The van der Waals surface area contributed by atoms with Crippen molar-refractivity contribution in [1.82, 2.24) is 0 Å². The summed E-state index contributed by atoms with van der Waals surface area (Å²) in [5.74, 6) is -2.39. The van der Waals surface area contributed by atoms with E-state index in [1.165, 1.54) is 44.2 Å². The fourth-order valence-electron chi connectivity index (χ4n) is 4.01. The van der Waals surface area contributed by atoms with E-state index in [1.807, 2.05) is 0 Å². The lowest BCUT2D eigenvalue weighted by molar-refractivity contribution is -0.380. The Bertz CT molecular complexity index is 539. The maximum Gasteiger partial charge on any atom is 0.285 e. The lowest BCUT2D eigenvalue weighted by atomic mass is 9.91. The molecule has 0 aliphatic carbocycles. The molecule has 168 valence electrons. The van der Waals surface area contributed by atoms with Crippen LogP contribution in [-0.4, -0.2) is 27.3 Å². The first kappa shape index (κ1) is 26.0. The zero-order chi connectivity index (χ0) is 21.5. The second-order valence-electron chi connectivity index (χ2n) is 7.82. The van der Waals surface area contributed by atoms with Crippen molar-refractivity contribution in [2.75, 3.05) is 21.3 Å². The molecule has 1 unspecified atom stereocenters. The van der Waals surface area contributed by atoms with E-state index in [1.54, 1.807) is 27.4 Å². The molecule has 0 heterocycles. The molecule has 0 radical (unpaired) electrons. The molecule has 0 fully saturated rings. The van der Waals surface area contributed by atoms with E-state index >= 15 is 0 Å². The first-order chi connectivity index (χ1) is 14.0. The number of methoxy groups -OCH3 is 3. The second kappa shape index (κ2) is 14.9. The van der Waals surface area contributed by atoms with Gasteiger partial charge in [0.15, 0.2) is 11.6 Å². The first-order valence-corrected chi connectivity index (χ1v) is 11.1. The molecule has 0 N–H and O–H groups in total. The topological polar surface area (TPSA) is 27.7 Å². The largest absolute Gasteiger partial charge is 0.331 e. The smallest absolute Gasteiger partial charge is 0.285 e. The summed E-state index contributed by atoms with van der Waals surface area (Å²) in [5.41, 5.74) is 0.840. The molecule has 1 aromatic rings. The first-order valence-electron chi connectivity index (χ1n) is 11.1. The summed E-state index contributed by atoms with van der Waals surface area (Å²) in [4.78, 5) is 0. The number of aryl methyl sites for hydroxylation is 1. The molecule has 5 heteroatoms. The molecule has 0 saturated carbocycles. The molecule has 0 aromatic heterocycles. The van der Waals surface area contributed by atoms with E-state index in [0.29, 0.717) is 0 Å². The number of hydrogen-bond donors (Lipinski definition) is 0. The van der Waals surface area contributed by atoms with E-state index in [0.717, 1.165) is 50.5 Å². The molecular formula is C24H40F2O3. The van der Waals surface area contributed by atoms with Gasteiger partial charge in [0.25, 0.3) is 5.97 Å². The Morgan fingerprint density at radius 1 is 0.759 bits per heavy atom. The Balaban J connectivity index is 2.45. The van der Waals surface area contributed by atoms with Crippen molar-refractivity contribution in [3.63, 3.8) is 0 Å². The van der Waals surface area contributed by atoms with Crippen LogP contribution in [0.2, 0.25) is 0 Å². The Morgan fingerprint density at radius 2 is 1.31 bits per heavy atom. The molecule has 0 aliphatic rings. The number of rotatable bonds is 17. The highest BCUT2D eigenvalue weighted by Crippen LogP contribution is 2.33. The molecule has 0 saturated heterocycles. The summed E-state index contributed by atoms with van der Waals surface area (Å²) < 4.78 is 43.2. The fraction of sp³-hybridized carbons (Fsp3) is 0.750. The van der Waals surface area contributed by atoms with Crippen LogP contribution in [0, 0.1) is 17.6 Å². The number of ether oxygens (including phenoxy) is 3. The fourth-order valence-corrected chi connectivity index (χ4v) is 4.01. The van der Waals surface area contributed by atoms with Gasteiger partial charge in [-0.15, -0.1) is 0 Å². The molecule has 0 bridgehead atoms. The molecule has 1 rings (SSSR count). The van der Waals surface area contributed by atoms with Crippen LogP contribution in [0.5, 0.6) is 0 Å².